The molecule has 16 heavy (non-hydrogen) atoms. The lowest BCUT2D eigenvalue weighted by Gasteiger charge is -2.08. The number of carbonyl (C=O) groups excluding carboxylic acids is 1. The Morgan fingerprint density at radius 3 is 2.88 bits per heavy atom. The molecule has 1 amide bonds. The van der Waals surface area contributed by atoms with Crippen LogP contribution in [-0.2, 0) is 11.2 Å². The Bertz CT molecular complexity index is 366. The van der Waals surface area contributed by atoms with Gasteiger partial charge in [0.05, 0.1) is 5.69 Å². The van der Waals surface area contributed by atoms with Crippen molar-refractivity contribution in [3.63, 3.8) is 0 Å². The smallest absolute Gasteiger partial charge is 0.250 e. The van der Waals surface area contributed by atoms with Crippen LogP contribution in [0.1, 0.15) is 25.3 Å². The molecule has 3 nitrogen and oxygen atoms in total. The van der Waals surface area contributed by atoms with Gasteiger partial charge in [-0.15, -0.1) is 0 Å². The van der Waals surface area contributed by atoms with Crippen LogP contribution in [0, 0.1) is 5.82 Å². The van der Waals surface area contributed by atoms with Crippen molar-refractivity contribution in [3.05, 3.63) is 29.6 Å². The molecule has 0 atom stereocenters. The number of nitrogens with one attached hydrogen (secondary N) is 1. The van der Waals surface area contributed by atoms with Crippen molar-refractivity contribution in [2.45, 2.75) is 26.2 Å². The molecule has 0 saturated heterocycles. The molecule has 0 aliphatic rings. The van der Waals surface area contributed by atoms with Crippen LogP contribution in [0.15, 0.2) is 18.2 Å². The van der Waals surface area contributed by atoms with Gasteiger partial charge in [-0.2, -0.15) is 0 Å². The molecule has 1 aromatic rings. The summed E-state index contributed by atoms with van der Waals surface area (Å²) in [5, 5.41) is 10.9. The fraction of sp³-hybridized carbons (Fsp3) is 0.417. The molecule has 1 aromatic carbocycles. The number of hydrogen-bond acceptors (Lipinski definition) is 2. The Morgan fingerprint density at radius 1 is 1.50 bits per heavy atom. The molecule has 0 spiro atoms. The van der Waals surface area contributed by atoms with Crippen molar-refractivity contribution in [2.24, 2.45) is 0 Å². The summed E-state index contributed by atoms with van der Waals surface area (Å²) in [6.45, 7) is 1.40. The zero-order chi connectivity index (χ0) is 12.0. The lowest BCUT2D eigenvalue weighted by Crippen LogP contribution is -2.16. The van der Waals surface area contributed by atoms with Gasteiger partial charge in [0.2, 0.25) is 5.91 Å². The minimum absolute atomic E-state index is 0.132. The van der Waals surface area contributed by atoms with Crippen molar-refractivity contribution in [2.75, 3.05) is 11.9 Å². The van der Waals surface area contributed by atoms with Crippen molar-refractivity contribution >= 4 is 11.6 Å². The highest BCUT2D eigenvalue weighted by molar-refractivity contribution is 5.91. The van der Waals surface area contributed by atoms with Crippen molar-refractivity contribution < 1.29 is 14.3 Å². The van der Waals surface area contributed by atoms with Gasteiger partial charge in [0.25, 0.3) is 0 Å². The van der Waals surface area contributed by atoms with Crippen LogP contribution < -0.4 is 5.32 Å². The SMILES string of the molecule is CCCCc1cccc(NC(=O)CO)c1F. The molecule has 0 fully saturated rings. The third-order valence-corrected chi connectivity index (χ3v) is 2.30. The summed E-state index contributed by atoms with van der Waals surface area (Å²) < 4.78 is 13.8. The van der Waals surface area contributed by atoms with Gasteiger partial charge in [0.15, 0.2) is 0 Å². The molecule has 0 aliphatic heterocycles. The molecule has 0 aliphatic carbocycles. The third-order valence-electron chi connectivity index (χ3n) is 2.30. The Kier molecular flexibility index (Phi) is 4.92. The number of halogens is 1. The van der Waals surface area contributed by atoms with E-state index in [1.807, 2.05) is 6.92 Å². The molecule has 0 aromatic heterocycles. The zero-order valence-electron chi connectivity index (χ0n) is 9.29. The second-order valence-electron chi connectivity index (χ2n) is 3.59. The van der Waals surface area contributed by atoms with E-state index in [9.17, 15) is 9.18 Å². The Labute approximate surface area is 94.3 Å². The average Bonchev–Trinajstić information content (AvgIpc) is 2.30. The van der Waals surface area contributed by atoms with Crippen LogP contribution in [0.3, 0.4) is 0 Å². The first-order chi connectivity index (χ1) is 7.69. The van der Waals surface area contributed by atoms with Crippen molar-refractivity contribution in [1.29, 1.82) is 0 Å². The predicted molar refractivity (Wildman–Crippen MR) is 60.7 cm³/mol. The molecule has 4 heteroatoms. The van der Waals surface area contributed by atoms with Crippen LogP contribution >= 0.6 is 0 Å². The summed E-state index contributed by atoms with van der Waals surface area (Å²) in [6, 6.07) is 4.89. The predicted octanol–water partition coefficient (Wildman–Crippen LogP) is 2.10. The Balaban J connectivity index is 2.81. The van der Waals surface area contributed by atoms with Gasteiger partial charge in [-0.3, -0.25) is 4.79 Å². The number of amides is 1. The highest BCUT2D eigenvalue weighted by Crippen LogP contribution is 2.19. The number of benzene rings is 1. The number of anilines is 1. The normalized spacial score (nSPS) is 10.2. The maximum atomic E-state index is 13.8. The van der Waals surface area contributed by atoms with E-state index in [0.717, 1.165) is 12.8 Å². The monoisotopic (exact) mass is 225 g/mol. The first kappa shape index (κ1) is 12.6. The van der Waals surface area contributed by atoms with E-state index in [1.165, 1.54) is 6.07 Å². The number of carbonyl (C=O) groups is 1. The van der Waals surface area contributed by atoms with Crippen LogP contribution in [0.25, 0.3) is 0 Å². The maximum absolute atomic E-state index is 13.8. The van der Waals surface area contributed by atoms with Gasteiger partial charge in [-0.05, 0) is 24.5 Å². The average molecular weight is 225 g/mol. The van der Waals surface area contributed by atoms with E-state index >= 15 is 0 Å². The van der Waals surface area contributed by atoms with E-state index in [4.69, 9.17) is 5.11 Å². The molecular weight excluding hydrogens is 209 g/mol. The number of hydrogen-bond donors (Lipinski definition) is 2. The first-order valence-corrected chi connectivity index (χ1v) is 5.37. The molecule has 0 radical (unpaired) electrons. The summed E-state index contributed by atoms with van der Waals surface area (Å²) in [5.41, 5.74) is 0.727. The van der Waals surface area contributed by atoms with Crippen molar-refractivity contribution in [3.8, 4) is 0 Å². The number of aryl methyl sites for hydroxylation is 1. The molecule has 88 valence electrons. The van der Waals surface area contributed by atoms with Gasteiger partial charge in [-0.25, -0.2) is 4.39 Å². The van der Waals surface area contributed by atoms with Crippen LogP contribution in [-0.4, -0.2) is 17.6 Å². The summed E-state index contributed by atoms with van der Waals surface area (Å²) in [5.74, 6) is -1.01. The van der Waals surface area contributed by atoms with E-state index < -0.39 is 18.3 Å². The minimum Gasteiger partial charge on any atom is -0.387 e. The summed E-state index contributed by atoms with van der Waals surface area (Å²) >= 11 is 0. The molecular formula is C12H16FNO2. The molecule has 0 heterocycles. The van der Waals surface area contributed by atoms with Crippen LogP contribution in [0.5, 0.6) is 0 Å². The lowest BCUT2D eigenvalue weighted by molar-refractivity contribution is -0.118. The van der Waals surface area contributed by atoms with E-state index in [0.29, 0.717) is 12.0 Å². The van der Waals surface area contributed by atoms with E-state index in [1.54, 1.807) is 12.1 Å². The van der Waals surface area contributed by atoms with Crippen molar-refractivity contribution in [1.82, 2.24) is 0 Å². The highest BCUT2D eigenvalue weighted by Gasteiger charge is 2.09. The molecule has 0 bridgehead atoms. The molecule has 1 rings (SSSR count). The minimum atomic E-state index is -0.640. The molecule has 2 N–H and O–H groups in total. The summed E-state index contributed by atoms with van der Waals surface area (Å²) in [4.78, 5) is 10.9. The van der Waals surface area contributed by atoms with Crippen LogP contribution in [0.2, 0.25) is 0 Å². The third kappa shape index (κ3) is 3.31. The lowest BCUT2D eigenvalue weighted by atomic mass is 10.1. The number of rotatable bonds is 5. The number of unbranched alkanes of at least 4 members (excludes halogenated alkanes) is 1. The fourth-order valence-corrected chi connectivity index (χ4v) is 1.43. The van der Waals surface area contributed by atoms with Gasteiger partial charge in [-0.1, -0.05) is 25.5 Å². The number of aliphatic hydroxyl groups is 1. The Morgan fingerprint density at radius 2 is 2.25 bits per heavy atom. The molecule has 0 saturated carbocycles. The molecule has 0 unspecified atom stereocenters. The van der Waals surface area contributed by atoms with Gasteiger partial charge in [0.1, 0.15) is 12.4 Å². The summed E-state index contributed by atoms with van der Waals surface area (Å²) in [6.07, 6.45) is 2.56. The topological polar surface area (TPSA) is 49.3 Å². The summed E-state index contributed by atoms with van der Waals surface area (Å²) in [7, 11) is 0. The van der Waals surface area contributed by atoms with E-state index in [2.05, 4.69) is 5.32 Å². The zero-order valence-corrected chi connectivity index (χ0v) is 9.29. The van der Waals surface area contributed by atoms with Crippen LogP contribution in [0.4, 0.5) is 10.1 Å². The standard InChI is InChI=1S/C12H16FNO2/c1-2-3-5-9-6-4-7-10(12(9)13)14-11(16)8-15/h4,6-7,15H,2-3,5,8H2,1H3,(H,14,16). The number of aliphatic hydroxyl groups excluding tert-OH is 1. The van der Waals surface area contributed by atoms with Gasteiger partial charge >= 0.3 is 0 Å². The first-order valence-electron chi connectivity index (χ1n) is 5.37. The van der Waals surface area contributed by atoms with E-state index in [-0.39, 0.29) is 5.69 Å². The second-order valence-corrected chi connectivity index (χ2v) is 3.59. The van der Waals surface area contributed by atoms with Gasteiger partial charge < -0.3 is 10.4 Å². The Hall–Kier alpha value is -1.42. The largest absolute Gasteiger partial charge is 0.387 e. The highest BCUT2D eigenvalue weighted by atomic mass is 19.1. The second kappa shape index (κ2) is 6.23. The fourth-order valence-electron chi connectivity index (χ4n) is 1.43. The van der Waals surface area contributed by atoms with Gasteiger partial charge in [0, 0.05) is 0 Å². The maximum Gasteiger partial charge on any atom is 0.250 e. The quantitative estimate of drug-likeness (QED) is 0.806.